The number of para-hydroxylation sites is 2. The molecule has 2 aromatic heterocycles. The molecule has 7 aromatic rings. The van der Waals surface area contributed by atoms with Crippen LogP contribution in [0.15, 0.2) is 133 Å². The van der Waals surface area contributed by atoms with Crippen molar-refractivity contribution in [2.24, 2.45) is 0 Å². The molecule has 5 nitrogen and oxygen atoms in total. The monoisotopic (exact) mass is 519 g/mol. The van der Waals surface area contributed by atoms with Crippen LogP contribution in [0.1, 0.15) is 0 Å². The van der Waals surface area contributed by atoms with Crippen LogP contribution in [0.5, 0.6) is 0 Å². The first-order valence-electron chi connectivity index (χ1n) is 12.9. The van der Waals surface area contributed by atoms with Gasteiger partial charge >= 0.3 is 0 Å². The van der Waals surface area contributed by atoms with Crippen LogP contribution in [0.25, 0.3) is 62.3 Å². The lowest BCUT2D eigenvalue weighted by atomic mass is 10.1. The van der Waals surface area contributed by atoms with E-state index in [1.165, 1.54) is 12.1 Å². The van der Waals surface area contributed by atoms with E-state index in [4.69, 9.17) is 19.9 Å². The Hall–Kier alpha value is -5.49. The lowest BCUT2D eigenvalue weighted by molar-refractivity contribution is 0.628. The Balaban J connectivity index is 1.35. The molecule has 0 N–H and O–H groups in total. The van der Waals surface area contributed by atoms with Gasteiger partial charge in [0.1, 0.15) is 11.6 Å². The topological polar surface area (TPSA) is 56.5 Å². The van der Waals surface area contributed by atoms with Crippen molar-refractivity contribution >= 4 is 11.0 Å². The summed E-state index contributed by atoms with van der Waals surface area (Å²) >= 11 is 0. The standard InChI is InChI=1S/C34H22FN5/c35-27-19-15-26(16-20-27)34-36-29-13-7-8-14-30(29)40(34)28-21-17-25(18-22-28)33-38-31(23-9-3-1-4-10-23)37-32(39-33)24-11-5-2-6-12-24/h1-22H. The van der Waals surface area contributed by atoms with Crippen LogP contribution >= 0.6 is 0 Å². The van der Waals surface area contributed by atoms with Crippen LogP contribution in [0, 0.1) is 5.82 Å². The second-order valence-electron chi connectivity index (χ2n) is 9.35. The van der Waals surface area contributed by atoms with Gasteiger partial charge in [-0.25, -0.2) is 24.3 Å². The van der Waals surface area contributed by atoms with E-state index in [2.05, 4.69) is 4.57 Å². The summed E-state index contributed by atoms with van der Waals surface area (Å²) in [5.74, 6) is 2.29. The van der Waals surface area contributed by atoms with E-state index in [1.54, 1.807) is 12.1 Å². The minimum absolute atomic E-state index is 0.280. The number of fused-ring (bicyclic) bond motifs is 1. The van der Waals surface area contributed by atoms with Gasteiger partial charge in [-0.05, 0) is 60.7 Å². The van der Waals surface area contributed by atoms with E-state index in [9.17, 15) is 4.39 Å². The van der Waals surface area contributed by atoms with Crippen LogP contribution in [-0.4, -0.2) is 24.5 Å². The molecule has 0 saturated heterocycles. The number of nitrogens with zero attached hydrogens (tertiary/aromatic N) is 5. The molecule has 0 aliphatic carbocycles. The predicted octanol–water partition coefficient (Wildman–Crippen LogP) is 8.02. The summed E-state index contributed by atoms with van der Waals surface area (Å²) in [6.45, 7) is 0. The van der Waals surface area contributed by atoms with Gasteiger partial charge < -0.3 is 0 Å². The number of imidazole rings is 1. The van der Waals surface area contributed by atoms with Crippen LogP contribution < -0.4 is 0 Å². The van der Waals surface area contributed by atoms with Crippen molar-refractivity contribution in [3.05, 3.63) is 139 Å². The maximum atomic E-state index is 13.7. The number of hydrogen-bond donors (Lipinski definition) is 0. The minimum Gasteiger partial charge on any atom is -0.292 e. The highest BCUT2D eigenvalue weighted by molar-refractivity contribution is 5.83. The number of rotatable bonds is 5. The summed E-state index contributed by atoms with van der Waals surface area (Å²) in [5, 5.41) is 0. The fourth-order valence-corrected chi connectivity index (χ4v) is 4.78. The Morgan fingerprint density at radius 2 is 0.900 bits per heavy atom. The molecule has 0 unspecified atom stereocenters. The van der Waals surface area contributed by atoms with Crippen LogP contribution in [-0.2, 0) is 0 Å². The van der Waals surface area contributed by atoms with Crippen molar-refractivity contribution in [3.8, 4) is 51.2 Å². The van der Waals surface area contributed by atoms with Gasteiger partial charge in [-0.2, -0.15) is 0 Å². The van der Waals surface area contributed by atoms with Gasteiger partial charge in [0.15, 0.2) is 17.5 Å². The first-order chi connectivity index (χ1) is 19.7. The minimum atomic E-state index is -0.280. The van der Waals surface area contributed by atoms with Crippen molar-refractivity contribution in [1.82, 2.24) is 24.5 Å². The van der Waals surface area contributed by atoms with Crippen LogP contribution in [0.3, 0.4) is 0 Å². The molecule has 7 rings (SSSR count). The van der Waals surface area contributed by atoms with Crippen LogP contribution in [0.4, 0.5) is 4.39 Å². The maximum absolute atomic E-state index is 13.7. The van der Waals surface area contributed by atoms with Crippen molar-refractivity contribution < 1.29 is 4.39 Å². The Bertz CT molecular complexity index is 1870. The fourth-order valence-electron chi connectivity index (χ4n) is 4.78. The molecule has 190 valence electrons. The highest BCUT2D eigenvalue weighted by atomic mass is 19.1. The van der Waals surface area contributed by atoms with Crippen molar-refractivity contribution in [1.29, 1.82) is 0 Å². The van der Waals surface area contributed by atoms with Gasteiger partial charge in [0.2, 0.25) is 0 Å². The summed E-state index contributed by atoms with van der Waals surface area (Å²) in [4.78, 5) is 19.3. The van der Waals surface area contributed by atoms with E-state index in [0.717, 1.165) is 44.8 Å². The first kappa shape index (κ1) is 23.6. The molecule has 0 aliphatic heterocycles. The van der Waals surface area contributed by atoms with Crippen molar-refractivity contribution in [2.75, 3.05) is 0 Å². The molecule has 0 saturated carbocycles. The van der Waals surface area contributed by atoms with Crippen molar-refractivity contribution in [2.45, 2.75) is 0 Å². The lowest BCUT2D eigenvalue weighted by Crippen LogP contribution is -2.01. The Kier molecular flexibility index (Phi) is 5.90. The summed E-state index contributed by atoms with van der Waals surface area (Å²) < 4.78 is 15.8. The van der Waals surface area contributed by atoms with E-state index in [1.807, 2.05) is 109 Å². The molecule has 40 heavy (non-hydrogen) atoms. The quantitative estimate of drug-likeness (QED) is 0.231. The van der Waals surface area contributed by atoms with Gasteiger partial charge in [0.05, 0.1) is 11.0 Å². The summed E-state index contributed by atoms with van der Waals surface area (Å²) in [5.41, 5.74) is 6.31. The maximum Gasteiger partial charge on any atom is 0.164 e. The van der Waals surface area contributed by atoms with E-state index in [0.29, 0.717) is 17.5 Å². The zero-order valence-electron chi connectivity index (χ0n) is 21.3. The lowest BCUT2D eigenvalue weighted by Gasteiger charge is -2.11. The Labute approximate surface area is 230 Å². The number of aromatic nitrogens is 5. The molecule has 6 heteroatoms. The van der Waals surface area contributed by atoms with Gasteiger partial charge in [-0.1, -0.05) is 72.8 Å². The summed E-state index contributed by atoms with van der Waals surface area (Å²) in [6.07, 6.45) is 0. The molecule has 0 radical (unpaired) electrons. The molecular formula is C34H22FN5. The molecule has 0 spiro atoms. The zero-order valence-corrected chi connectivity index (χ0v) is 21.3. The molecule has 5 aromatic carbocycles. The summed E-state index contributed by atoms with van der Waals surface area (Å²) in [7, 11) is 0. The smallest absolute Gasteiger partial charge is 0.164 e. The largest absolute Gasteiger partial charge is 0.292 e. The third-order valence-electron chi connectivity index (χ3n) is 6.75. The Morgan fingerprint density at radius 1 is 0.425 bits per heavy atom. The number of hydrogen-bond acceptors (Lipinski definition) is 4. The van der Waals surface area contributed by atoms with Crippen molar-refractivity contribution in [3.63, 3.8) is 0 Å². The van der Waals surface area contributed by atoms with Gasteiger partial charge in [0, 0.05) is 27.9 Å². The predicted molar refractivity (Wildman–Crippen MR) is 156 cm³/mol. The molecular weight excluding hydrogens is 497 g/mol. The van der Waals surface area contributed by atoms with E-state index < -0.39 is 0 Å². The molecule has 0 amide bonds. The molecule has 2 heterocycles. The average molecular weight is 520 g/mol. The Morgan fingerprint density at radius 3 is 1.48 bits per heavy atom. The van der Waals surface area contributed by atoms with Gasteiger partial charge in [0.25, 0.3) is 0 Å². The van der Waals surface area contributed by atoms with Gasteiger partial charge in [-0.15, -0.1) is 0 Å². The van der Waals surface area contributed by atoms with E-state index in [-0.39, 0.29) is 5.82 Å². The molecule has 0 fully saturated rings. The highest BCUT2D eigenvalue weighted by Crippen LogP contribution is 2.30. The normalized spacial score (nSPS) is 11.1. The highest BCUT2D eigenvalue weighted by Gasteiger charge is 2.16. The second-order valence-corrected chi connectivity index (χ2v) is 9.35. The molecule has 0 bridgehead atoms. The SMILES string of the molecule is Fc1ccc(-c2nc3ccccc3n2-c2ccc(-c3nc(-c4ccccc4)nc(-c4ccccc4)n3)cc2)cc1. The summed E-state index contributed by atoms with van der Waals surface area (Å²) in [6, 6.07) is 42.3. The average Bonchev–Trinajstić information content (AvgIpc) is 3.42. The first-order valence-corrected chi connectivity index (χ1v) is 12.9. The fraction of sp³-hybridized carbons (Fsp3) is 0. The number of halogens is 1. The van der Waals surface area contributed by atoms with Crippen LogP contribution in [0.2, 0.25) is 0 Å². The second kappa shape index (κ2) is 10.0. The molecule has 0 atom stereocenters. The number of benzene rings is 5. The van der Waals surface area contributed by atoms with E-state index >= 15 is 0 Å². The molecule has 0 aliphatic rings. The third kappa shape index (κ3) is 4.41. The zero-order chi connectivity index (χ0) is 26.9. The van der Waals surface area contributed by atoms with Gasteiger partial charge in [-0.3, -0.25) is 4.57 Å². The third-order valence-corrected chi connectivity index (χ3v) is 6.75.